The quantitative estimate of drug-likeness (QED) is 0.571. The standard InChI is InChI=1S/C17H32FN/c1-2-3-4-5-6-7-8-9-12-17(18)13-15-10-11-16(14-17)19-15/h15-16,19H,2-14H2,1H3. The Bertz CT molecular complexity index is 242. The van der Waals surface area contributed by atoms with Crippen LogP contribution in [0.15, 0.2) is 0 Å². The summed E-state index contributed by atoms with van der Waals surface area (Å²) >= 11 is 0. The molecule has 2 aliphatic heterocycles. The van der Waals surface area contributed by atoms with E-state index in [9.17, 15) is 4.39 Å². The second-order valence-corrected chi connectivity index (χ2v) is 6.92. The molecule has 2 bridgehead atoms. The molecule has 2 atom stereocenters. The van der Waals surface area contributed by atoms with E-state index in [1.807, 2.05) is 0 Å². The molecule has 112 valence electrons. The minimum atomic E-state index is -0.834. The highest BCUT2D eigenvalue weighted by atomic mass is 19.1. The molecule has 0 saturated carbocycles. The number of halogens is 1. The topological polar surface area (TPSA) is 12.0 Å². The second-order valence-electron chi connectivity index (χ2n) is 6.92. The molecule has 1 N–H and O–H groups in total. The Hall–Kier alpha value is -0.110. The van der Waals surface area contributed by atoms with E-state index >= 15 is 0 Å². The van der Waals surface area contributed by atoms with Gasteiger partial charge in [-0.15, -0.1) is 0 Å². The monoisotopic (exact) mass is 269 g/mol. The Labute approximate surface area is 118 Å². The maximum absolute atomic E-state index is 14.7. The van der Waals surface area contributed by atoms with Crippen LogP contribution in [0, 0.1) is 0 Å². The van der Waals surface area contributed by atoms with Crippen LogP contribution in [0.3, 0.4) is 0 Å². The third kappa shape index (κ3) is 5.06. The van der Waals surface area contributed by atoms with Crippen molar-refractivity contribution in [1.29, 1.82) is 0 Å². The maximum Gasteiger partial charge on any atom is 0.114 e. The van der Waals surface area contributed by atoms with Crippen molar-refractivity contribution < 1.29 is 4.39 Å². The molecule has 0 amide bonds. The maximum atomic E-state index is 14.7. The summed E-state index contributed by atoms with van der Waals surface area (Å²) in [4.78, 5) is 0. The molecule has 2 heterocycles. The lowest BCUT2D eigenvalue weighted by Gasteiger charge is -2.35. The lowest BCUT2D eigenvalue weighted by atomic mass is 9.85. The third-order valence-corrected chi connectivity index (χ3v) is 5.04. The number of rotatable bonds is 9. The van der Waals surface area contributed by atoms with Crippen LogP contribution in [0.5, 0.6) is 0 Å². The number of alkyl halides is 1. The predicted molar refractivity (Wildman–Crippen MR) is 80.2 cm³/mol. The van der Waals surface area contributed by atoms with E-state index in [-0.39, 0.29) is 0 Å². The van der Waals surface area contributed by atoms with E-state index in [1.54, 1.807) is 0 Å². The smallest absolute Gasteiger partial charge is 0.114 e. The highest BCUT2D eigenvalue weighted by Crippen LogP contribution is 2.39. The van der Waals surface area contributed by atoms with Crippen LogP contribution in [-0.2, 0) is 0 Å². The van der Waals surface area contributed by atoms with Gasteiger partial charge in [-0.25, -0.2) is 4.39 Å². The molecule has 2 fully saturated rings. The number of nitrogens with one attached hydrogen (secondary N) is 1. The van der Waals surface area contributed by atoms with Crippen molar-refractivity contribution in [1.82, 2.24) is 5.32 Å². The van der Waals surface area contributed by atoms with Gasteiger partial charge in [0, 0.05) is 12.1 Å². The van der Waals surface area contributed by atoms with Gasteiger partial charge in [-0.1, -0.05) is 58.3 Å². The first kappa shape index (κ1) is 15.3. The van der Waals surface area contributed by atoms with Gasteiger partial charge in [-0.05, 0) is 32.1 Å². The first-order chi connectivity index (χ1) is 9.22. The number of hydrogen-bond acceptors (Lipinski definition) is 1. The van der Waals surface area contributed by atoms with Gasteiger partial charge >= 0.3 is 0 Å². The van der Waals surface area contributed by atoms with Crippen molar-refractivity contribution in [2.75, 3.05) is 0 Å². The van der Waals surface area contributed by atoms with Crippen LogP contribution in [0.1, 0.15) is 90.4 Å². The molecule has 0 spiro atoms. The molecule has 0 aromatic rings. The molecule has 1 nitrogen and oxygen atoms in total. The zero-order valence-corrected chi connectivity index (χ0v) is 12.7. The van der Waals surface area contributed by atoms with Gasteiger partial charge in [-0.2, -0.15) is 0 Å². The summed E-state index contributed by atoms with van der Waals surface area (Å²) < 4.78 is 14.7. The zero-order valence-electron chi connectivity index (χ0n) is 12.7. The lowest BCUT2D eigenvalue weighted by molar-refractivity contribution is 0.0763. The molecule has 0 aromatic carbocycles. The van der Waals surface area contributed by atoms with Gasteiger partial charge < -0.3 is 5.32 Å². The summed E-state index contributed by atoms with van der Waals surface area (Å²) in [5.74, 6) is 0. The van der Waals surface area contributed by atoms with E-state index in [0.29, 0.717) is 12.1 Å². The first-order valence-corrected chi connectivity index (χ1v) is 8.67. The van der Waals surface area contributed by atoms with Crippen molar-refractivity contribution >= 4 is 0 Å². The third-order valence-electron chi connectivity index (χ3n) is 5.04. The summed E-state index contributed by atoms with van der Waals surface area (Å²) in [5.41, 5.74) is -0.834. The summed E-state index contributed by atoms with van der Waals surface area (Å²) in [5, 5.41) is 3.54. The Balaban J connectivity index is 1.51. The number of hydrogen-bond donors (Lipinski definition) is 1. The van der Waals surface area contributed by atoms with Crippen LogP contribution in [0.2, 0.25) is 0 Å². The van der Waals surface area contributed by atoms with Gasteiger partial charge in [0.05, 0.1) is 0 Å². The normalized spacial score (nSPS) is 33.8. The minimum absolute atomic E-state index is 0.484. The molecule has 2 heteroatoms. The number of piperidine rings is 1. The SMILES string of the molecule is CCCCCCCCCCC1(F)CC2CCC(C1)N2. The van der Waals surface area contributed by atoms with Crippen LogP contribution in [0.4, 0.5) is 4.39 Å². The fourth-order valence-corrected chi connectivity index (χ4v) is 3.97. The van der Waals surface area contributed by atoms with Crippen molar-refractivity contribution in [3.63, 3.8) is 0 Å². The lowest BCUT2D eigenvalue weighted by Crippen LogP contribution is -2.46. The molecule has 2 aliphatic rings. The van der Waals surface area contributed by atoms with Crippen molar-refractivity contribution in [2.24, 2.45) is 0 Å². The van der Waals surface area contributed by atoms with Crippen LogP contribution in [0.25, 0.3) is 0 Å². The van der Waals surface area contributed by atoms with E-state index in [4.69, 9.17) is 0 Å². The van der Waals surface area contributed by atoms with Crippen molar-refractivity contribution in [3.05, 3.63) is 0 Å². The fourth-order valence-electron chi connectivity index (χ4n) is 3.97. The molecule has 0 aliphatic carbocycles. The van der Waals surface area contributed by atoms with E-state index in [2.05, 4.69) is 12.2 Å². The molecule has 2 unspecified atom stereocenters. The van der Waals surface area contributed by atoms with Crippen LogP contribution < -0.4 is 5.32 Å². The van der Waals surface area contributed by atoms with E-state index in [0.717, 1.165) is 25.7 Å². The Morgan fingerprint density at radius 1 is 0.895 bits per heavy atom. The summed E-state index contributed by atoms with van der Waals surface area (Å²) in [6.45, 7) is 2.26. The predicted octanol–water partition coefficient (Wildman–Crippen LogP) is 5.14. The largest absolute Gasteiger partial charge is 0.311 e. The van der Waals surface area contributed by atoms with Crippen molar-refractivity contribution in [3.8, 4) is 0 Å². The molecular weight excluding hydrogens is 237 g/mol. The molecule has 0 aromatic heterocycles. The second kappa shape index (κ2) is 7.61. The average molecular weight is 269 g/mol. The molecule has 0 radical (unpaired) electrons. The van der Waals surface area contributed by atoms with E-state index < -0.39 is 5.67 Å². The first-order valence-electron chi connectivity index (χ1n) is 8.67. The van der Waals surface area contributed by atoms with Crippen LogP contribution in [-0.4, -0.2) is 17.8 Å². The summed E-state index contributed by atoms with van der Waals surface area (Å²) in [6, 6.07) is 0.968. The van der Waals surface area contributed by atoms with Crippen LogP contribution >= 0.6 is 0 Å². The number of fused-ring (bicyclic) bond motifs is 2. The zero-order chi connectivity index (χ0) is 13.6. The molecular formula is C17H32FN. The average Bonchev–Trinajstić information content (AvgIpc) is 2.73. The minimum Gasteiger partial charge on any atom is -0.311 e. The Morgan fingerprint density at radius 3 is 2.00 bits per heavy atom. The van der Waals surface area contributed by atoms with Gasteiger partial charge in [-0.3, -0.25) is 0 Å². The van der Waals surface area contributed by atoms with Gasteiger partial charge in [0.15, 0.2) is 0 Å². The Kier molecular flexibility index (Phi) is 6.12. The highest BCUT2D eigenvalue weighted by Gasteiger charge is 2.43. The molecule has 2 saturated heterocycles. The van der Waals surface area contributed by atoms with Crippen molar-refractivity contribution in [2.45, 2.75) is 108 Å². The summed E-state index contributed by atoms with van der Waals surface area (Å²) in [6.07, 6.45) is 15.2. The highest BCUT2D eigenvalue weighted by molar-refractivity contribution is 4.99. The fraction of sp³-hybridized carbons (Fsp3) is 1.00. The van der Waals surface area contributed by atoms with E-state index in [1.165, 1.54) is 57.8 Å². The summed E-state index contributed by atoms with van der Waals surface area (Å²) in [7, 11) is 0. The van der Waals surface area contributed by atoms with Gasteiger partial charge in [0.1, 0.15) is 5.67 Å². The van der Waals surface area contributed by atoms with Gasteiger partial charge in [0.25, 0.3) is 0 Å². The molecule has 19 heavy (non-hydrogen) atoms. The van der Waals surface area contributed by atoms with Gasteiger partial charge in [0.2, 0.25) is 0 Å². The number of unbranched alkanes of at least 4 members (excludes halogenated alkanes) is 7. The molecule has 2 rings (SSSR count). The Morgan fingerprint density at radius 2 is 1.42 bits per heavy atom.